The molecule has 1 saturated carbocycles. The van der Waals surface area contributed by atoms with Crippen molar-refractivity contribution in [2.45, 2.75) is 64.5 Å². The van der Waals surface area contributed by atoms with Crippen molar-refractivity contribution in [3.8, 4) is 0 Å². The van der Waals surface area contributed by atoms with E-state index in [4.69, 9.17) is 0 Å². The van der Waals surface area contributed by atoms with Gasteiger partial charge in [-0.3, -0.25) is 4.90 Å². The highest BCUT2D eigenvalue weighted by Crippen LogP contribution is 2.35. The Bertz CT molecular complexity index is 227. The zero-order chi connectivity index (χ0) is 12.3. The number of hydrogen-bond acceptors (Lipinski definition) is 2. The van der Waals surface area contributed by atoms with Crippen molar-refractivity contribution in [2.24, 2.45) is 11.8 Å². The van der Waals surface area contributed by atoms with Gasteiger partial charge in [0.05, 0.1) is 0 Å². The summed E-state index contributed by atoms with van der Waals surface area (Å²) in [6.45, 7) is 7.46. The van der Waals surface area contributed by atoms with E-state index in [1.54, 1.807) is 0 Å². The lowest BCUT2D eigenvalue weighted by molar-refractivity contribution is 0.0261. The minimum atomic E-state index is 0.798. The van der Waals surface area contributed by atoms with Crippen molar-refractivity contribution in [1.29, 1.82) is 0 Å². The Balaban J connectivity index is 2.01. The lowest BCUT2D eigenvalue weighted by atomic mass is 9.76. The second-order valence-electron chi connectivity index (χ2n) is 6.28. The summed E-state index contributed by atoms with van der Waals surface area (Å²) in [5, 5.41) is 3.39. The van der Waals surface area contributed by atoms with Gasteiger partial charge < -0.3 is 5.32 Å². The highest BCUT2D eigenvalue weighted by molar-refractivity contribution is 4.90. The van der Waals surface area contributed by atoms with Crippen molar-refractivity contribution in [3.05, 3.63) is 0 Å². The van der Waals surface area contributed by atoms with E-state index in [0.717, 1.165) is 23.9 Å². The number of rotatable bonds is 3. The van der Waals surface area contributed by atoms with Crippen LogP contribution in [0.1, 0.15) is 52.4 Å². The lowest BCUT2D eigenvalue weighted by Crippen LogP contribution is -2.53. The second kappa shape index (κ2) is 6.19. The van der Waals surface area contributed by atoms with Gasteiger partial charge in [0, 0.05) is 18.6 Å². The molecule has 100 valence electrons. The maximum absolute atomic E-state index is 3.39. The third-order valence-electron chi connectivity index (χ3n) is 5.20. The number of likely N-dealkylation sites (N-methyl/N-ethyl adjacent to an activating group) is 1. The van der Waals surface area contributed by atoms with E-state index in [2.05, 4.69) is 31.1 Å². The molecule has 1 heterocycles. The molecule has 0 aromatic heterocycles. The van der Waals surface area contributed by atoms with Gasteiger partial charge >= 0.3 is 0 Å². The lowest BCUT2D eigenvalue weighted by Gasteiger charge is -2.47. The molecule has 0 bridgehead atoms. The van der Waals surface area contributed by atoms with Crippen molar-refractivity contribution < 1.29 is 0 Å². The fourth-order valence-corrected chi connectivity index (χ4v) is 3.94. The van der Waals surface area contributed by atoms with E-state index in [1.807, 2.05) is 0 Å². The van der Waals surface area contributed by atoms with Crippen LogP contribution in [0.5, 0.6) is 0 Å². The Hall–Kier alpha value is -0.0800. The molecule has 0 aromatic carbocycles. The molecule has 1 aliphatic carbocycles. The summed E-state index contributed by atoms with van der Waals surface area (Å²) in [5.41, 5.74) is 0. The molecular formula is C15H30N2. The molecule has 4 atom stereocenters. The van der Waals surface area contributed by atoms with Crippen LogP contribution in [0.3, 0.4) is 0 Å². The summed E-state index contributed by atoms with van der Waals surface area (Å²) in [4.78, 5) is 2.85. The predicted octanol–water partition coefficient (Wildman–Crippen LogP) is 2.89. The monoisotopic (exact) mass is 238 g/mol. The number of nitrogens with one attached hydrogen (secondary N) is 1. The molecule has 17 heavy (non-hydrogen) atoms. The Morgan fingerprint density at radius 2 is 1.88 bits per heavy atom. The minimum Gasteiger partial charge on any atom is -0.318 e. The van der Waals surface area contributed by atoms with Crippen LogP contribution in [0.25, 0.3) is 0 Å². The van der Waals surface area contributed by atoms with Gasteiger partial charge in [0.2, 0.25) is 0 Å². The SMILES string of the molecule is CNCC1CCCCN1C1CCCC(C)C1C. The molecular weight excluding hydrogens is 208 g/mol. The summed E-state index contributed by atoms with van der Waals surface area (Å²) in [6, 6.07) is 1.66. The number of nitrogens with zero attached hydrogens (tertiary/aromatic N) is 1. The van der Waals surface area contributed by atoms with Crippen LogP contribution in [0.2, 0.25) is 0 Å². The number of hydrogen-bond donors (Lipinski definition) is 1. The number of piperidine rings is 1. The first kappa shape index (κ1) is 13.4. The Morgan fingerprint density at radius 3 is 2.65 bits per heavy atom. The van der Waals surface area contributed by atoms with Gasteiger partial charge in [-0.25, -0.2) is 0 Å². The van der Waals surface area contributed by atoms with E-state index in [0.29, 0.717) is 0 Å². The summed E-state index contributed by atoms with van der Waals surface area (Å²) in [7, 11) is 2.10. The molecule has 0 amide bonds. The maximum atomic E-state index is 3.39. The Morgan fingerprint density at radius 1 is 1.06 bits per heavy atom. The molecule has 2 heteroatoms. The third kappa shape index (κ3) is 3.03. The van der Waals surface area contributed by atoms with Gasteiger partial charge in [0.1, 0.15) is 0 Å². The smallest absolute Gasteiger partial charge is 0.0223 e. The second-order valence-corrected chi connectivity index (χ2v) is 6.28. The van der Waals surface area contributed by atoms with E-state index < -0.39 is 0 Å². The predicted molar refractivity (Wildman–Crippen MR) is 74.2 cm³/mol. The summed E-state index contributed by atoms with van der Waals surface area (Å²) in [5.74, 6) is 1.81. The normalized spacial score (nSPS) is 40.4. The molecule has 2 fully saturated rings. The van der Waals surface area contributed by atoms with Crippen LogP contribution in [0.15, 0.2) is 0 Å². The average molecular weight is 238 g/mol. The van der Waals surface area contributed by atoms with Crippen LogP contribution in [0.4, 0.5) is 0 Å². The van der Waals surface area contributed by atoms with Crippen molar-refractivity contribution in [1.82, 2.24) is 10.2 Å². The molecule has 0 spiro atoms. The Labute approximate surface area is 107 Å². The van der Waals surface area contributed by atoms with Gasteiger partial charge in [0.15, 0.2) is 0 Å². The molecule has 1 N–H and O–H groups in total. The van der Waals surface area contributed by atoms with Crippen LogP contribution >= 0.6 is 0 Å². The molecule has 1 saturated heterocycles. The van der Waals surface area contributed by atoms with Crippen LogP contribution in [-0.4, -0.2) is 37.1 Å². The fraction of sp³-hybridized carbons (Fsp3) is 1.00. The molecule has 4 unspecified atom stereocenters. The van der Waals surface area contributed by atoms with Gasteiger partial charge in [-0.2, -0.15) is 0 Å². The summed E-state index contributed by atoms with van der Waals surface area (Å²) in [6.07, 6.45) is 8.57. The fourth-order valence-electron chi connectivity index (χ4n) is 3.94. The first-order valence-corrected chi connectivity index (χ1v) is 7.64. The van der Waals surface area contributed by atoms with Gasteiger partial charge in [-0.05, 0) is 44.7 Å². The molecule has 1 aliphatic heterocycles. The van der Waals surface area contributed by atoms with Crippen LogP contribution in [0, 0.1) is 11.8 Å². The zero-order valence-corrected chi connectivity index (χ0v) is 11.9. The maximum Gasteiger partial charge on any atom is 0.0223 e. The molecule has 2 rings (SSSR count). The number of likely N-dealkylation sites (tertiary alicyclic amines) is 1. The van der Waals surface area contributed by atoms with Crippen LogP contribution in [-0.2, 0) is 0 Å². The highest BCUT2D eigenvalue weighted by atomic mass is 15.2. The standard InChI is InChI=1S/C15H30N2/c1-12-7-6-9-15(13(12)2)17-10-5-4-8-14(17)11-16-3/h12-16H,4-11H2,1-3H3. The van der Waals surface area contributed by atoms with E-state index in [1.165, 1.54) is 51.6 Å². The van der Waals surface area contributed by atoms with E-state index in [-0.39, 0.29) is 0 Å². The molecule has 2 nitrogen and oxygen atoms in total. The molecule has 2 aliphatic rings. The van der Waals surface area contributed by atoms with Crippen molar-refractivity contribution in [3.63, 3.8) is 0 Å². The average Bonchev–Trinajstić information content (AvgIpc) is 2.34. The highest BCUT2D eigenvalue weighted by Gasteiger charge is 2.35. The first-order chi connectivity index (χ1) is 8.24. The molecule has 0 aromatic rings. The third-order valence-corrected chi connectivity index (χ3v) is 5.20. The van der Waals surface area contributed by atoms with Gasteiger partial charge in [0.25, 0.3) is 0 Å². The molecule has 0 radical (unpaired) electrons. The van der Waals surface area contributed by atoms with Crippen molar-refractivity contribution >= 4 is 0 Å². The zero-order valence-electron chi connectivity index (χ0n) is 11.9. The van der Waals surface area contributed by atoms with Crippen molar-refractivity contribution in [2.75, 3.05) is 20.1 Å². The van der Waals surface area contributed by atoms with E-state index in [9.17, 15) is 0 Å². The van der Waals surface area contributed by atoms with E-state index >= 15 is 0 Å². The largest absolute Gasteiger partial charge is 0.318 e. The quantitative estimate of drug-likeness (QED) is 0.813. The van der Waals surface area contributed by atoms with Gasteiger partial charge in [-0.15, -0.1) is 0 Å². The van der Waals surface area contributed by atoms with Gasteiger partial charge in [-0.1, -0.05) is 33.1 Å². The summed E-state index contributed by atoms with van der Waals surface area (Å²) >= 11 is 0. The first-order valence-electron chi connectivity index (χ1n) is 7.64. The summed E-state index contributed by atoms with van der Waals surface area (Å²) < 4.78 is 0. The van der Waals surface area contributed by atoms with Crippen LogP contribution < -0.4 is 5.32 Å². The topological polar surface area (TPSA) is 15.3 Å². The Kier molecular flexibility index (Phi) is 4.87. The minimum absolute atomic E-state index is 0.798.